The molecule has 0 aliphatic heterocycles. The van der Waals surface area contributed by atoms with Crippen LogP contribution in [0, 0.1) is 17.8 Å². The predicted octanol–water partition coefficient (Wildman–Crippen LogP) is -2.87. The highest BCUT2D eigenvalue weighted by molar-refractivity contribution is 7.98. The second-order valence-corrected chi connectivity index (χ2v) is 23.0. The van der Waals surface area contributed by atoms with Crippen LogP contribution in [0.3, 0.4) is 0 Å². The van der Waals surface area contributed by atoms with E-state index in [4.69, 9.17) is 34.4 Å². The summed E-state index contributed by atoms with van der Waals surface area (Å²) in [6.45, 7) is 12.4. The van der Waals surface area contributed by atoms with Gasteiger partial charge in [0.2, 0.25) is 59.1 Å². The zero-order valence-electron chi connectivity index (χ0n) is 49.2. The molecule has 0 aliphatic rings. The standard InChI is InChI=1S/C52H100N16O11S2/c1-10-31(6)41(50(78)64-34(17-12-14-22-54)48(76)68-42(32(7)69)51(79)65-37(20-25-81-9)46(74)66-38(43(56)71)26-29(2)3)67-47(75)35(18-15-23-59-52(57)58)62-44(72)33(16-11-13-21-53)61-45(73)36(19-24-80-8)63-49(77)39(27-30(4)5)60-40(70)28-55/h29-39,41-42,69H,10-28,53-55H2,1-9H3,(H2,56,71)(H,60,70)(H,61,73)(H,62,72)(H,63,77)(H,64,78)(H,65,79)(H,66,74)(H,67,75)(H,68,76)(H4,57,58,59)/t31-,32+,33-,34-,35-,36-,37-,38-,39-,41-,42-/m0/s1. The van der Waals surface area contributed by atoms with Crippen LogP contribution in [0.25, 0.3) is 0 Å². The van der Waals surface area contributed by atoms with E-state index in [1.54, 1.807) is 20.1 Å². The third-order valence-corrected chi connectivity index (χ3v) is 14.3. The van der Waals surface area contributed by atoms with Gasteiger partial charge in [-0.1, -0.05) is 48.0 Å². The molecule has 0 aliphatic carbocycles. The molecule has 0 radical (unpaired) electrons. The second kappa shape index (κ2) is 42.3. The molecule has 466 valence electrons. The van der Waals surface area contributed by atoms with Crippen molar-refractivity contribution in [3.8, 4) is 0 Å². The summed E-state index contributed by atoms with van der Waals surface area (Å²) in [6.07, 6.45) is 5.08. The fourth-order valence-corrected chi connectivity index (χ4v) is 9.15. The average Bonchev–Trinajstić information content (AvgIpc) is 3.41. The van der Waals surface area contributed by atoms with Gasteiger partial charge in [-0.2, -0.15) is 23.5 Å². The van der Waals surface area contributed by atoms with E-state index < -0.39 is 125 Å². The molecule has 0 aromatic carbocycles. The van der Waals surface area contributed by atoms with E-state index in [-0.39, 0.29) is 95.3 Å². The van der Waals surface area contributed by atoms with Gasteiger partial charge in [0.15, 0.2) is 5.96 Å². The normalized spacial score (nSPS) is 15.3. The number of carbonyl (C=O) groups excluding carboxylic acids is 10. The van der Waals surface area contributed by atoms with Gasteiger partial charge < -0.3 is 87.4 Å². The minimum absolute atomic E-state index is 0.00411. The van der Waals surface area contributed by atoms with Gasteiger partial charge in [0.1, 0.15) is 54.4 Å². The van der Waals surface area contributed by atoms with Crippen molar-refractivity contribution >= 4 is 88.6 Å². The lowest BCUT2D eigenvalue weighted by Gasteiger charge is -2.30. The first-order valence-electron chi connectivity index (χ1n) is 28.0. The van der Waals surface area contributed by atoms with Crippen LogP contribution in [0.4, 0.5) is 0 Å². The summed E-state index contributed by atoms with van der Waals surface area (Å²) in [7, 11) is 0. The molecule has 0 spiro atoms. The Morgan fingerprint density at radius 2 is 0.815 bits per heavy atom. The first-order chi connectivity index (χ1) is 38.2. The number of carbonyl (C=O) groups is 10. The number of aliphatic imine (C=N–C) groups is 1. The Hall–Kier alpha value is -5.49. The molecule has 10 amide bonds. The number of nitrogens with two attached hydrogens (primary N) is 6. The number of guanidine groups is 1. The molecule has 0 saturated heterocycles. The van der Waals surface area contributed by atoms with Gasteiger partial charge in [0.25, 0.3) is 0 Å². The largest absolute Gasteiger partial charge is 0.391 e. The number of unbranched alkanes of at least 4 members (excludes halogenated alkanes) is 2. The van der Waals surface area contributed by atoms with E-state index in [1.807, 2.05) is 34.0 Å². The second-order valence-electron chi connectivity index (χ2n) is 21.0. The predicted molar refractivity (Wildman–Crippen MR) is 317 cm³/mol. The summed E-state index contributed by atoms with van der Waals surface area (Å²) in [5.74, 6) is -7.42. The van der Waals surface area contributed by atoms with Crippen LogP contribution in [0.5, 0.6) is 0 Å². The van der Waals surface area contributed by atoms with E-state index in [0.717, 1.165) is 0 Å². The summed E-state index contributed by atoms with van der Waals surface area (Å²) in [6, 6.07) is -11.2. The number of aliphatic hydroxyl groups is 1. The van der Waals surface area contributed by atoms with Crippen molar-refractivity contribution in [1.82, 2.24) is 47.9 Å². The Labute approximate surface area is 487 Å². The molecule has 0 bridgehead atoms. The maximum absolute atomic E-state index is 14.5. The van der Waals surface area contributed by atoms with Crippen molar-refractivity contribution in [1.29, 1.82) is 0 Å². The quantitative estimate of drug-likeness (QED) is 0.0166. The van der Waals surface area contributed by atoms with Crippen molar-refractivity contribution in [2.75, 3.05) is 50.2 Å². The molecule has 11 atom stereocenters. The molecule has 0 saturated carbocycles. The first kappa shape index (κ1) is 75.5. The number of thioether (sulfide) groups is 2. The lowest BCUT2D eigenvalue weighted by Crippen LogP contribution is -2.62. The number of primary amides is 1. The van der Waals surface area contributed by atoms with Gasteiger partial charge in [-0.05, 0) is 139 Å². The van der Waals surface area contributed by atoms with Crippen molar-refractivity contribution in [2.24, 2.45) is 57.1 Å². The van der Waals surface area contributed by atoms with Gasteiger partial charge in [-0.3, -0.25) is 52.9 Å². The Kier molecular flexibility index (Phi) is 39.5. The van der Waals surface area contributed by atoms with Gasteiger partial charge in [-0.25, -0.2) is 0 Å². The summed E-state index contributed by atoms with van der Waals surface area (Å²) >= 11 is 2.82. The molecule has 29 heteroatoms. The Morgan fingerprint density at radius 1 is 0.457 bits per heavy atom. The van der Waals surface area contributed by atoms with Gasteiger partial charge >= 0.3 is 0 Å². The van der Waals surface area contributed by atoms with Crippen molar-refractivity contribution < 1.29 is 53.1 Å². The number of rotatable bonds is 44. The van der Waals surface area contributed by atoms with Crippen LogP contribution in [0.2, 0.25) is 0 Å². The summed E-state index contributed by atoms with van der Waals surface area (Å²) in [5, 5.41) is 34.9. The average molecular weight is 1190 g/mol. The molecule has 0 fully saturated rings. The zero-order chi connectivity index (χ0) is 61.8. The van der Waals surface area contributed by atoms with E-state index in [0.29, 0.717) is 43.6 Å². The summed E-state index contributed by atoms with van der Waals surface area (Å²) in [4.78, 5) is 141. The molecule has 0 heterocycles. The maximum Gasteiger partial charge on any atom is 0.245 e. The van der Waals surface area contributed by atoms with E-state index in [2.05, 4.69) is 52.8 Å². The topological polar surface area (TPSA) is 468 Å². The molecular formula is C52H100N16O11S2. The molecular weight excluding hydrogens is 1090 g/mol. The highest BCUT2D eigenvalue weighted by atomic mass is 32.2. The number of hydrogen-bond donors (Lipinski definition) is 16. The van der Waals surface area contributed by atoms with Gasteiger partial charge in [0, 0.05) is 6.54 Å². The Balaban J connectivity index is 7.00. The van der Waals surface area contributed by atoms with Crippen molar-refractivity contribution in [2.45, 2.75) is 192 Å². The van der Waals surface area contributed by atoms with Crippen LogP contribution in [-0.4, -0.2) is 181 Å². The lowest BCUT2D eigenvalue weighted by molar-refractivity contribution is -0.137. The lowest BCUT2D eigenvalue weighted by atomic mass is 9.96. The Bertz CT molecular complexity index is 2000. The number of amides is 10. The highest BCUT2D eigenvalue weighted by Gasteiger charge is 2.37. The molecule has 0 rings (SSSR count). The highest BCUT2D eigenvalue weighted by Crippen LogP contribution is 2.15. The third kappa shape index (κ3) is 31.5. The Morgan fingerprint density at radius 3 is 1.19 bits per heavy atom. The minimum atomic E-state index is -1.63. The van der Waals surface area contributed by atoms with Crippen molar-refractivity contribution in [3.05, 3.63) is 0 Å². The maximum atomic E-state index is 14.5. The van der Waals surface area contributed by atoms with E-state index in [9.17, 15) is 53.1 Å². The molecule has 22 N–H and O–H groups in total. The summed E-state index contributed by atoms with van der Waals surface area (Å²) in [5.41, 5.74) is 33.8. The monoisotopic (exact) mass is 1190 g/mol. The zero-order valence-corrected chi connectivity index (χ0v) is 50.8. The number of nitrogens with one attached hydrogen (secondary N) is 9. The number of nitrogens with zero attached hydrogens (tertiary/aromatic N) is 1. The molecule has 81 heavy (non-hydrogen) atoms. The smallest absolute Gasteiger partial charge is 0.245 e. The first-order valence-corrected chi connectivity index (χ1v) is 30.8. The molecule has 27 nitrogen and oxygen atoms in total. The van der Waals surface area contributed by atoms with E-state index >= 15 is 0 Å². The fraction of sp³-hybridized carbons (Fsp3) is 0.788. The van der Waals surface area contributed by atoms with Crippen LogP contribution in [0.15, 0.2) is 4.99 Å². The number of hydrogen-bond acceptors (Lipinski definition) is 17. The van der Waals surface area contributed by atoms with Crippen molar-refractivity contribution in [3.63, 3.8) is 0 Å². The molecule has 0 aromatic rings. The fourth-order valence-electron chi connectivity index (χ4n) is 8.21. The molecule has 0 unspecified atom stereocenters. The van der Waals surface area contributed by atoms with Crippen LogP contribution in [0.1, 0.15) is 132 Å². The SMILES string of the molecule is CC[C@H](C)[C@H](NC(=O)[C@H](CCCN=C(N)N)NC(=O)[C@H](CCCCN)NC(=O)[C@H](CCSC)NC(=O)[C@H](CC(C)C)NC(=O)CN)C(=O)N[C@@H](CCCCN)C(=O)N[C@H](C(=O)N[C@@H](CCSC)C(=O)N[C@@H](CC(C)C)C(N)=O)[C@@H](C)O. The van der Waals surface area contributed by atoms with E-state index in [1.165, 1.54) is 30.4 Å². The third-order valence-electron chi connectivity index (χ3n) is 13.0. The minimum Gasteiger partial charge on any atom is -0.391 e. The van der Waals surface area contributed by atoms with Crippen LogP contribution >= 0.6 is 23.5 Å². The van der Waals surface area contributed by atoms with Crippen LogP contribution in [-0.2, 0) is 47.9 Å². The van der Waals surface area contributed by atoms with Crippen LogP contribution < -0.4 is 82.3 Å². The van der Waals surface area contributed by atoms with Gasteiger partial charge in [0.05, 0.1) is 12.6 Å². The summed E-state index contributed by atoms with van der Waals surface area (Å²) < 4.78 is 0. The number of aliphatic hydroxyl groups excluding tert-OH is 1. The molecule has 0 aromatic heterocycles. The van der Waals surface area contributed by atoms with Gasteiger partial charge in [-0.15, -0.1) is 0 Å².